The van der Waals surface area contributed by atoms with E-state index in [-0.39, 0.29) is 18.6 Å². The van der Waals surface area contributed by atoms with Gasteiger partial charge in [0.2, 0.25) is 0 Å². The molecule has 6 nitrogen and oxygen atoms in total. The lowest BCUT2D eigenvalue weighted by Gasteiger charge is -2.16. The summed E-state index contributed by atoms with van der Waals surface area (Å²) in [6.07, 6.45) is 0. The van der Waals surface area contributed by atoms with Crippen LogP contribution in [0.4, 0.5) is 0 Å². The van der Waals surface area contributed by atoms with Gasteiger partial charge < -0.3 is 10.1 Å². The van der Waals surface area contributed by atoms with E-state index in [1.165, 1.54) is 0 Å². The second-order valence-corrected chi connectivity index (χ2v) is 7.53. The van der Waals surface area contributed by atoms with Crippen LogP contribution in [0.3, 0.4) is 0 Å². The van der Waals surface area contributed by atoms with E-state index in [4.69, 9.17) is 4.74 Å². The van der Waals surface area contributed by atoms with Gasteiger partial charge in [0.25, 0.3) is 5.91 Å². The zero-order valence-electron chi connectivity index (χ0n) is 17.7. The normalized spacial score (nSPS) is 12.0. The van der Waals surface area contributed by atoms with Gasteiger partial charge in [-0.05, 0) is 55.3 Å². The molecule has 1 aromatic heterocycles. The van der Waals surface area contributed by atoms with Crippen LogP contribution < -0.4 is 5.32 Å². The Kier molecular flexibility index (Phi) is 5.62. The number of nitrogens with one attached hydrogen (secondary N) is 1. The molecule has 1 amide bonds. The molecule has 1 heterocycles. The van der Waals surface area contributed by atoms with Gasteiger partial charge in [-0.3, -0.25) is 4.79 Å². The number of nitrogens with zero attached hydrogens (tertiary/aromatic N) is 2. The number of hydrogen-bond donors (Lipinski definition) is 1. The number of hydrogen-bond acceptors (Lipinski definition) is 5. The van der Waals surface area contributed by atoms with Crippen molar-refractivity contribution < 1.29 is 14.3 Å². The molecule has 3 aromatic carbocycles. The summed E-state index contributed by atoms with van der Waals surface area (Å²) in [5, 5.41) is 5.09. The number of amides is 1. The minimum absolute atomic E-state index is 0.223. The first-order valence-electron chi connectivity index (χ1n) is 10.1. The lowest BCUT2D eigenvalue weighted by atomic mass is 10.00. The lowest BCUT2D eigenvalue weighted by Crippen LogP contribution is -2.31. The highest BCUT2D eigenvalue weighted by atomic mass is 16.5. The summed E-state index contributed by atoms with van der Waals surface area (Å²) >= 11 is 0. The van der Waals surface area contributed by atoms with E-state index >= 15 is 0 Å². The summed E-state index contributed by atoms with van der Waals surface area (Å²) in [5.74, 6) is -0.935. The molecular weight excluding hydrogens is 390 g/mol. The van der Waals surface area contributed by atoms with Gasteiger partial charge in [-0.1, -0.05) is 42.5 Å². The Morgan fingerprint density at radius 3 is 2.45 bits per heavy atom. The predicted molar refractivity (Wildman–Crippen MR) is 120 cm³/mol. The van der Waals surface area contributed by atoms with Gasteiger partial charge in [0.1, 0.15) is 0 Å². The van der Waals surface area contributed by atoms with Crippen LogP contribution in [0.15, 0.2) is 60.7 Å². The molecule has 0 unspecified atom stereocenters. The summed E-state index contributed by atoms with van der Waals surface area (Å²) in [6.45, 7) is 5.31. The molecule has 0 radical (unpaired) electrons. The van der Waals surface area contributed by atoms with Gasteiger partial charge in [-0.15, -0.1) is 0 Å². The average molecular weight is 413 g/mol. The number of carbonyl (C=O) groups excluding carboxylic acids is 2. The largest absolute Gasteiger partial charge is 0.452 e. The highest BCUT2D eigenvalue weighted by Crippen LogP contribution is 2.24. The molecule has 0 saturated carbocycles. The molecule has 4 rings (SSSR count). The fourth-order valence-corrected chi connectivity index (χ4v) is 3.56. The second kappa shape index (κ2) is 8.52. The number of ether oxygens (including phenoxy) is 1. The Morgan fingerprint density at radius 2 is 1.65 bits per heavy atom. The Morgan fingerprint density at radius 1 is 0.935 bits per heavy atom. The standard InChI is InChI=1S/C25H23N3O3/c1-15-16(2)27-23-13-19(11-12-22(23)26-15)25(30)31-14-24(29)28-17(3)20-10-6-8-18-7-4-5-9-21(18)20/h4-13,17H,14H2,1-3H3,(H,28,29)/t17-/m1/s1. The van der Waals surface area contributed by atoms with Crippen molar-refractivity contribution >= 4 is 33.7 Å². The summed E-state index contributed by atoms with van der Waals surface area (Å²) in [4.78, 5) is 33.7. The number of benzene rings is 3. The maximum absolute atomic E-state index is 12.4. The van der Waals surface area contributed by atoms with Crippen molar-refractivity contribution in [3.8, 4) is 0 Å². The number of carbonyl (C=O) groups is 2. The molecule has 31 heavy (non-hydrogen) atoms. The van der Waals surface area contributed by atoms with Crippen LogP contribution in [0.25, 0.3) is 21.8 Å². The SMILES string of the molecule is Cc1nc2ccc(C(=O)OCC(=O)N[C@H](C)c3cccc4ccccc34)cc2nc1C. The third-order valence-electron chi connectivity index (χ3n) is 5.31. The summed E-state index contributed by atoms with van der Waals surface area (Å²) in [6, 6.07) is 18.8. The van der Waals surface area contributed by atoms with Crippen LogP contribution in [0.2, 0.25) is 0 Å². The molecule has 4 aromatic rings. The Labute approximate surface area is 180 Å². The van der Waals surface area contributed by atoms with Crippen molar-refractivity contribution in [2.75, 3.05) is 6.61 Å². The van der Waals surface area contributed by atoms with Crippen LogP contribution in [-0.4, -0.2) is 28.5 Å². The fraction of sp³-hybridized carbons (Fsp3) is 0.200. The van der Waals surface area contributed by atoms with Crippen molar-refractivity contribution in [1.29, 1.82) is 0 Å². The molecule has 0 saturated heterocycles. The molecule has 1 atom stereocenters. The van der Waals surface area contributed by atoms with Crippen LogP contribution in [0.1, 0.15) is 40.3 Å². The molecule has 0 spiro atoms. The lowest BCUT2D eigenvalue weighted by molar-refractivity contribution is -0.124. The van der Waals surface area contributed by atoms with Crippen LogP contribution in [0, 0.1) is 13.8 Å². The average Bonchev–Trinajstić information content (AvgIpc) is 2.77. The summed E-state index contributed by atoms with van der Waals surface area (Å²) in [5.41, 5.74) is 4.32. The van der Waals surface area contributed by atoms with Gasteiger partial charge in [0.05, 0.1) is 34.0 Å². The van der Waals surface area contributed by atoms with Gasteiger partial charge in [0, 0.05) is 0 Å². The third-order valence-corrected chi connectivity index (χ3v) is 5.31. The second-order valence-electron chi connectivity index (χ2n) is 7.53. The number of esters is 1. The van der Waals surface area contributed by atoms with E-state index in [0.29, 0.717) is 16.6 Å². The zero-order valence-corrected chi connectivity index (χ0v) is 17.7. The van der Waals surface area contributed by atoms with E-state index < -0.39 is 5.97 Å². The highest BCUT2D eigenvalue weighted by Gasteiger charge is 2.15. The fourth-order valence-electron chi connectivity index (χ4n) is 3.56. The van der Waals surface area contributed by atoms with E-state index in [1.54, 1.807) is 18.2 Å². The van der Waals surface area contributed by atoms with E-state index in [1.807, 2.05) is 63.2 Å². The van der Waals surface area contributed by atoms with Gasteiger partial charge in [0.15, 0.2) is 6.61 Å². The molecule has 1 N–H and O–H groups in total. The van der Waals surface area contributed by atoms with Gasteiger partial charge >= 0.3 is 5.97 Å². The van der Waals surface area contributed by atoms with E-state index in [9.17, 15) is 9.59 Å². The predicted octanol–water partition coefficient (Wildman–Crippen LogP) is 4.43. The Bertz CT molecular complexity index is 1290. The number of aryl methyl sites for hydroxylation is 2. The maximum Gasteiger partial charge on any atom is 0.338 e. The first-order chi connectivity index (χ1) is 14.9. The Hall–Kier alpha value is -3.80. The minimum Gasteiger partial charge on any atom is -0.452 e. The summed E-state index contributed by atoms with van der Waals surface area (Å²) in [7, 11) is 0. The first kappa shape index (κ1) is 20.5. The van der Waals surface area contributed by atoms with E-state index in [2.05, 4.69) is 15.3 Å². The molecule has 0 aliphatic rings. The topological polar surface area (TPSA) is 81.2 Å². The van der Waals surface area contributed by atoms with Crippen molar-refractivity contribution in [2.45, 2.75) is 26.8 Å². The number of fused-ring (bicyclic) bond motifs is 2. The zero-order chi connectivity index (χ0) is 22.0. The van der Waals surface area contributed by atoms with Gasteiger partial charge in [-0.25, -0.2) is 14.8 Å². The monoisotopic (exact) mass is 413 g/mol. The molecule has 0 aliphatic heterocycles. The van der Waals surface area contributed by atoms with E-state index in [0.717, 1.165) is 27.7 Å². The molecule has 0 aliphatic carbocycles. The minimum atomic E-state index is -0.574. The smallest absolute Gasteiger partial charge is 0.338 e. The highest BCUT2D eigenvalue weighted by molar-refractivity contribution is 5.95. The molecule has 0 bridgehead atoms. The van der Waals surface area contributed by atoms with Crippen LogP contribution >= 0.6 is 0 Å². The summed E-state index contributed by atoms with van der Waals surface area (Å²) < 4.78 is 5.22. The van der Waals surface area contributed by atoms with Crippen molar-refractivity contribution in [2.24, 2.45) is 0 Å². The third kappa shape index (κ3) is 4.38. The van der Waals surface area contributed by atoms with Crippen molar-refractivity contribution in [3.05, 3.63) is 83.2 Å². The number of aromatic nitrogens is 2. The number of rotatable bonds is 5. The molecule has 6 heteroatoms. The molecule has 156 valence electrons. The van der Waals surface area contributed by atoms with Crippen molar-refractivity contribution in [1.82, 2.24) is 15.3 Å². The van der Waals surface area contributed by atoms with Crippen molar-refractivity contribution in [3.63, 3.8) is 0 Å². The first-order valence-corrected chi connectivity index (χ1v) is 10.1. The molecular formula is C25H23N3O3. The Balaban J connectivity index is 1.41. The molecule has 0 fully saturated rings. The quantitative estimate of drug-likeness (QED) is 0.490. The van der Waals surface area contributed by atoms with Crippen LogP contribution in [-0.2, 0) is 9.53 Å². The van der Waals surface area contributed by atoms with Gasteiger partial charge in [-0.2, -0.15) is 0 Å². The van der Waals surface area contributed by atoms with Crippen LogP contribution in [0.5, 0.6) is 0 Å². The maximum atomic E-state index is 12.4.